The minimum atomic E-state index is -1.32. The highest BCUT2D eigenvalue weighted by atomic mass is 19.2. The molecule has 2 N–H and O–H groups in total. The maximum Gasteiger partial charge on any atom is 0.341 e. The SMILES string of the molecule is CNc1cc(F)c(F)c2c1Cc1ncc(-c3cnc4c(c3)c(=O)c(C(=O)O)cn4C)c(N3C[C@H]4CCC[C@@H](N(C)C)[C@H]4C3)c1-2. The van der Waals surface area contributed by atoms with E-state index in [9.17, 15) is 14.7 Å². The molecule has 0 unspecified atom stereocenters. The second-order valence-electron chi connectivity index (χ2n) is 12.5. The summed E-state index contributed by atoms with van der Waals surface area (Å²) in [6.07, 6.45) is 8.33. The predicted octanol–water partition coefficient (Wildman–Crippen LogP) is 4.75. The van der Waals surface area contributed by atoms with Gasteiger partial charge in [-0.25, -0.2) is 18.6 Å². The van der Waals surface area contributed by atoms with Crippen LogP contribution in [0.15, 0.2) is 35.5 Å². The summed E-state index contributed by atoms with van der Waals surface area (Å²) in [5.41, 5.74) is 3.93. The first kappa shape index (κ1) is 28.4. The molecule has 2 aliphatic carbocycles. The molecule has 4 aromatic rings. The summed E-state index contributed by atoms with van der Waals surface area (Å²) >= 11 is 0. The Morgan fingerprint density at radius 1 is 1.11 bits per heavy atom. The molecule has 1 aliphatic heterocycles. The number of carbonyl (C=O) groups is 1. The van der Waals surface area contributed by atoms with E-state index in [4.69, 9.17) is 4.98 Å². The van der Waals surface area contributed by atoms with E-state index in [1.54, 1.807) is 32.6 Å². The third-order valence-corrected chi connectivity index (χ3v) is 9.91. The smallest absolute Gasteiger partial charge is 0.341 e. The molecule has 4 heterocycles. The topological polar surface area (TPSA) is 104 Å². The highest BCUT2D eigenvalue weighted by molar-refractivity contribution is 5.98. The van der Waals surface area contributed by atoms with Gasteiger partial charge in [-0.3, -0.25) is 9.78 Å². The predicted molar refractivity (Wildman–Crippen MR) is 165 cm³/mol. The Bertz CT molecular complexity index is 1920. The van der Waals surface area contributed by atoms with Gasteiger partial charge in [0.25, 0.3) is 0 Å². The summed E-state index contributed by atoms with van der Waals surface area (Å²) in [5.74, 6) is -2.31. The van der Waals surface area contributed by atoms with Crippen LogP contribution in [0.4, 0.5) is 20.2 Å². The van der Waals surface area contributed by atoms with Gasteiger partial charge in [-0.15, -0.1) is 0 Å². The van der Waals surface area contributed by atoms with Crippen LogP contribution in [-0.2, 0) is 13.5 Å². The molecular weight excluding hydrogens is 566 g/mol. The van der Waals surface area contributed by atoms with Crippen molar-refractivity contribution in [3.05, 3.63) is 69.4 Å². The van der Waals surface area contributed by atoms with E-state index in [2.05, 4.69) is 34.2 Å². The van der Waals surface area contributed by atoms with Crippen molar-refractivity contribution in [1.29, 1.82) is 0 Å². The zero-order valence-electron chi connectivity index (χ0n) is 25.1. The van der Waals surface area contributed by atoms with Gasteiger partial charge in [-0.05, 0) is 50.4 Å². The molecule has 0 bridgehead atoms. The first-order valence-electron chi connectivity index (χ1n) is 14.9. The van der Waals surface area contributed by atoms with Crippen molar-refractivity contribution < 1.29 is 18.7 Å². The lowest BCUT2D eigenvalue weighted by Crippen LogP contribution is -2.41. The monoisotopic (exact) mass is 600 g/mol. The lowest BCUT2D eigenvalue weighted by molar-refractivity contribution is 0.0695. The molecule has 7 rings (SSSR count). The number of rotatable bonds is 5. The van der Waals surface area contributed by atoms with Gasteiger partial charge in [0.15, 0.2) is 11.6 Å². The number of nitrogens with one attached hydrogen (secondary N) is 1. The summed E-state index contributed by atoms with van der Waals surface area (Å²) in [7, 11) is 7.57. The number of hydrogen-bond acceptors (Lipinski definition) is 7. The molecule has 1 aromatic carbocycles. The van der Waals surface area contributed by atoms with Crippen LogP contribution in [-0.4, -0.2) is 70.8 Å². The number of halogens is 2. The quantitative estimate of drug-likeness (QED) is 0.298. The van der Waals surface area contributed by atoms with Gasteiger partial charge < -0.3 is 24.8 Å². The van der Waals surface area contributed by atoms with E-state index in [1.165, 1.54) is 16.8 Å². The summed E-state index contributed by atoms with van der Waals surface area (Å²) in [6.45, 7) is 1.50. The Balaban J connectivity index is 1.48. The van der Waals surface area contributed by atoms with Gasteiger partial charge >= 0.3 is 5.97 Å². The van der Waals surface area contributed by atoms with Gasteiger partial charge in [0, 0.05) is 92.2 Å². The Kier molecular flexibility index (Phi) is 6.69. The minimum Gasteiger partial charge on any atom is -0.477 e. The highest BCUT2D eigenvalue weighted by Crippen LogP contribution is 2.52. The fourth-order valence-electron chi connectivity index (χ4n) is 7.90. The molecule has 0 spiro atoms. The number of fused-ring (bicyclic) bond motifs is 5. The van der Waals surface area contributed by atoms with Crippen LogP contribution in [0.5, 0.6) is 0 Å². The molecule has 1 saturated heterocycles. The molecule has 0 amide bonds. The number of aromatic nitrogens is 3. The van der Waals surface area contributed by atoms with E-state index in [0.29, 0.717) is 63.6 Å². The second kappa shape index (κ2) is 10.4. The van der Waals surface area contributed by atoms with Crippen LogP contribution >= 0.6 is 0 Å². The van der Waals surface area contributed by atoms with Crippen LogP contribution in [0.25, 0.3) is 33.3 Å². The molecular formula is C33H34F2N6O3. The largest absolute Gasteiger partial charge is 0.477 e. The number of pyridine rings is 3. The van der Waals surface area contributed by atoms with E-state index >= 15 is 8.78 Å². The van der Waals surface area contributed by atoms with Crippen molar-refractivity contribution in [2.75, 3.05) is 44.4 Å². The Morgan fingerprint density at radius 2 is 1.91 bits per heavy atom. The lowest BCUT2D eigenvalue weighted by Gasteiger charge is -2.37. The molecule has 0 radical (unpaired) electrons. The first-order valence-corrected chi connectivity index (χ1v) is 14.9. The number of carboxylic acids is 1. The zero-order valence-corrected chi connectivity index (χ0v) is 25.1. The Hall–Kier alpha value is -4.38. The minimum absolute atomic E-state index is 0.161. The molecule has 9 nitrogen and oxygen atoms in total. The van der Waals surface area contributed by atoms with Gasteiger partial charge in [-0.2, -0.15) is 0 Å². The fourth-order valence-corrected chi connectivity index (χ4v) is 7.90. The molecule has 3 atom stereocenters. The number of aromatic carboxylic acids is 1. The molecule has 44 heavy (non-hydrogen) atoms. The normalized spacial score (nSPS) is 20.6. The molecule has 2 fully saturated rings. The summed E-state index contributed by atoms with van der Waals surface area (Å²) < 4.78 is 32.4. The third-order valence-electron chi connectivity index (χ3n) is 9.91. The standard InChI is InChI=1S/C33H34F2N6O3/c1-36-24-10-23(34)29(35)27-18(24)9-25-28(27)30(41-13-16-6-5-7-26(39(2)3)21(16)15-41)20(12-37-25)17-8-19-31(42)22(33(43)44)14-40(4)32(19)38-11-17/h8,10-12,14,16,21,26,36H,5-7,9,13,15H2,1-4H3,(H,43,44)/t16-,21+,26-/m1/s1. The van der Waals surface area contributed by atoms with Crippen molar-refractivity contribution in [3.8, 4) is 22.3 Å². The van der Waals surface area contributed by atoms with Crippen molar-refractivity contribution in [3.63, 3.8) is 0 Å². The van der Waals surface area contributed by atoms with E-state index in [1.807, 2.05) is 0 Å². The summed E-state index contributed by atoms with van der Waals surface area (Å²) in [5, 5.41) is 12.8. The van der Waals surface area contributed by atoms with E-state index < -0.39 is 23.0 Å². The van der Waals surface area contributed by atoms with Gasteiger partial charge in [0.2, 0.25) is 5.43 Å². The van der Waals surface area contributed by atoms with Crippen molar-refractivity contribution in [2.24, 2.45) is 18.9 Å². The Morgan fingerprint density at radius 3 is 2.64 bits per heavy atom. The number of nitrogens with zero attached hydrogens (tertiary/aromatic N) is 5. The maximum atomic E-state index is 15.8. The molecule has 11 heteroatoms. The van der Waals surface area contributed by atoms with Gasteiger partial charge in [-0.1, -0.05) is 6.42 Å². The molecule has 3 aromatic heterocycles. The number of anilines is 2. The fraction of sp³-hybridized carbons (Fsp3) is 0.394. The van der Waals surface area contributed by atoms with Crippen LogP contribution in [0.2, 0.25) is 0 Å². The van der Waals surface area contributed by atoms with Gasteiger partial charge in [0.05, 0.1) is 16.8 Å². The van der Waals surface area contributed by atoms with Crippen molar-refractivity contribution >= 4 is 28.4 Å². The van der Waals surface area contributed by atoms with Crippen molar-refractivity contribution in [1.82, 2.24) is 19.4 Å². The average Bonchev–Trinajstić information content (AvgIpc) is 3.62. The van der Waals surface area contributed by atoms with Gasteiger partial charge in [0.1, 0.15) is 11.2 Å². The number of hydrogen-bond donors (Lipinski definition) is 2. The first-order chi connectivity index (χ1) is 21.1. The molecule has 228 valence electrons. The summed E-state index contributed by atoms with van der Waals surface area (Å²) in [4.78, 5) is 39.0. The highest BCUT2D eigenvalue weighted by Gasteiger charge is 2.43. The van der Waals surface area contributed by atoms with Crippen LogP contribution < -0.4 is 15.6 Å². The maximum absolute atomic E-state index is 15.8. The Labute approximate surface area is 253 Å². The molecule has 1 saturated carbocycles. The lowest BCUT2D eigenvalue weighted by atomic mass is 9.77. The van der Waals surface area contributed by atoms with E-state index in [-0.39, 0.29) is 16.5 Å². The third kappa shape index (κ3) is 4.20. The zero-order chi connectivity index (χ0) is 31.0. The second-order valence-corrected chi connectivity index (χ2v) is 12.5. The van der Waals surface area contributed by atoms with E-state index in [0.717, 1.165) is 38.0 Å². The van der Waals surface area contributed by atoms with Crippen LogP contribution in [0.1, 0.15) is 40.9 Å². The number of benzene rings is 1. The number of carboxylic acid groups (broad SMARTS) is 1. The summed E-state index contributed by atoms with van der Waals surface area (Å²) in [6, 6.07) is 3.25. The van der Waals surface area contributed by atoms with Crippen LogP contribution in [0, 0.1) is 23.5 Å². The van der Waals surface area contributed by atoms with Crippen LogP contribution in [0.3, 0.4) is 0 Å². The molecule has 3 aliphatic rings. The average molecular weight is 601 g/mol. The number of aryl methyl sites for hydroxylation is 1. The van der Waals surface area contributed by atoms with Crippen molar-refractivity contribution in [2.45, 2.75) is 31.7 Å².